The highest BCUT2D eigenvalue weighted by atomic mass is 35.5. The van der Waals surface area contributed by atoms with Crippen LogP contribution in [0.1, 0.15) is 5.56 Å². The fourth-order valence-corrected chi connectivity index (χ4v) is 3.71. The molecule has 1 aromatic heterocycles. The minimum atomic E-state index is 0.521. The van der Waals surface area contributed by atoms with Crippen LogP contribution in [0.3, 0.4) is 0 Å². The van der Waals surface area contributed by atoms with Crippen LogP contribution in [0.15, 0.2) is 72.8 Å². The van der Waals surface area contributed by atoms with Crippen molar-refractivity contribution in [3.8, 4) is 34.0 Å². The van der Waals surface area contributed by atoms with E-state index in [9.17, 15) is 0 Å². The molecule has 6 heteroatoms. The molecule has 4 aromatic rings. The maximum atomic E-state index is 6.42. The molecule has 0 N–H and O–H groups in total. The second-order valence-corrected chi connectivity index (χ2v) is 7.61. The number of methoxy groups -OCH3 is 2. The first-order valence-electron chi connectivity index (χ1n) is 9.38. The van der Waals surface area contributed by atoms with Crippen LogP contribution in [0.4, 0.5) is 0 Å². The van der Waals surface area contributed by atoms with Gasteiger partial charge in [-0.15, -0.1) is 0 Å². The predicted molar refractivity (Wildman–Crippen MR) is 122 cm³/mol. The Kier molecular flexibility index (Phi) is 5.98. The first kappa shape index (κ1) is 20.3. The molecule has 4 rings (SSSR count). The highest BCUT2D eigenvalue weighted by Gasteiger charge is 2.14. The van der Waals surface area contributed by atoms with Gasteiger partial charge < -0.3 is 9.47 Å². The van der Waals surface area contributed by atoms with Crippen LogP contribution in [0.2, 0.25) is 10.0 Å². The monoisotopic (exact) mass is 438 g/mol. The highest BCUT2D eigenvalue weighted by molar-refractivity contribution is 6.35. The summed E-state index contributed by atoms with van der Waals surface area (Å²) in [6, 6.07) is 23.4. The average Bonchev–Trinajstić information content (AvgIpc) is 3.19. The van der Waals surface area contributed by atoms with Crippen molar-refractivity contribution in [3.63, 3.8) is 0 Å². The minimum Gasteiger partial charge on any atom is -0.497 e. The molecule has 0 aliphatic rings. The SMILES string of the molecule is COc1ccc(-c2cc(-c3ccc(OC)cc3)n(Cc3ccc(Cl)cc3Cl)n2)cc1. The predicted octanol–water partition coefficient (Wildman–Crippen LogP) is 6.59. The smallest absolute Gasteiger partial charge is 0.118 e. The lowest BCUT2D eigenvalue weighted by Crippen LogP contribution is -2.04. The van der Waals surface area contributed by atoms with Crippen molar-refractivity contribution in [2.45, 2.75) is 6.54 Å². The second-order valence-electron chi connectivity index (χ2n) is 6.77. The summed E-state index contributed by atoms with van der Waals surface area (Å²) in [4.78, 5) is 0. The van der Waals surface area contributed by atoms with Gasteiger partial charge in [0.05, 0.1) is 32.2 Å². The van der Waals surface area contributed by atoms with Crippen LogP contribution < -0.4 is 9.47 Å². The first-order valence-corrected chi connectivity index (χ1v) is 10.1. The normalized spacial score (nSPS) is 10.8. The number of halogens is 2. The van der Waals surface area contributed by atoms with Crippen molar-refractivity contribution >= 4 is 23.2 Å². The van der Waals surface area contributed by atoms with E-state index in [1.54, 1.807) is 20.3 Å². The largest absolute Gasteiger partial charge is 0.497 e. The van der Waals surface area contributed by atoms with E-state index in [2.05, 4.69) is 6.07 Å². The Hall–Kier alpha value is -2.95. The summed E-state index contributed by atoms with van der Waals surface area (Å²) in [5.74, 6) is 1.61. The van der Waals surface area contributed by atoms with Crippen LogP contribution >= 0.6 is 23.2 Å². The molecule has 0 aliphatic heterocycles. The molecular weight excluding hydrogens is 419 g/mol. The Balaban J connectivity index is 1.77. The van der Waals surface area contributed by atoms with Gasteiger partial charge in [0.25, 0.3) is 0 Å². The number of hydrogen-bond donors (Lipinski definition) is 0. The van der Waals surface area contributed by atoms with E-state index in [1.165, 1.54) is 0 Å². The topological polar surface area (TPSA) is 36.3 Å². The number of aromatic nitrogens is 2. The van der Waals surface area contributed by atoms with E-state index in [4.69, 9.17) is 37.8 Å². The zero-order valence-corrected chi connectivity index (χ0v) is 18.1. The van der Waals surface area contributed by atoms with Gasteiger partial charge in [-0.1, -0.05) is 29.3 Å². The van der Waals surface area contributed by atoms with Gasteiger partial charge in [0.1, 0.15) is 11.5 Å². The molecule has 152 valence electrons. The van der Waals surface area contributed by atoms with Gasteiger partial charge in [0.15, 0.2) is 0 Å². The standard InChI is InChI=1S/C24H20Cl2N2O2/c1-29-20-9-4-16(5-10-20)23-14-24(17-6-11-21(30-2)12-7-17)28(27-23)15-18-3-8-19(25)13-22(18)26/h3-14H,15H2,1-2H3. The third kappa shape index (κ3) is 4.30. The molecule has 1 heterocycles. The molecule has 0 aliphatic carbocycles. The van der Waals surface area contributed by atoms with E-state index in [0.717, 1.165) is 39.6 Å². The Bertz CT molecular complexity index is 1150. The van der Waals surface area contributed by atoms with Crippen molar-refractivity contribution in [1.29, 1.82) is 0 Å². The third-order valence-corrected chi connectivity index (χ3v) is 5.47. The number of ether oxygens (including phenoxy) is 2. The number of benzene rings is 3. The minimum absolute atomic E-state index is 0.521. The molecule has 0 amide bonds. The summed E-state index contributed by atoms with van der Waals surface area (Å²) >= 11 is 12.5. The number of rotatable bonds is 6. The quantitative estimate of drug-likeness (QED) is 0.340. The van der Waals surface area contributed by atoms with Crippen molar-refractivity contribution in [1.82, 2.24) is 9.78 Å². The van der Waals surface area contributed by atoms with Crippen LogP contribution in [0, 0.1) is 0 Å². The zero-order valence-electron chi connectivity index (χ0n) is 16.6. The highest BCUT2D eigenvalue weighted by Crippen LogP contribution is 2.30. The lowest BCUT2D eigenvalue weighted by Gasteiger charge is -2.10. The maximum Gasteiger partial charge on any atom is 0.118 e. The fourth-order valence-electron chi connectivity index (χ4n) is 3.25. The van der Waals surface area contributed by atoms with Crippen molar-refractivity contribution in [3.05, 3.63) is 88.4 Å². The average molecular weight is 439 g/mol. The van der Waals surface area contributed by atoms with Crippen LogP contribution in [-0.4, -0.2) is 24.0 Å². The maximum absolute atomic E-state index is 6.42. The van der Waals surface area contributed by atoms with E-state index in [0.29, 0.717) is 16.6 Å². The summed E-state index contributed by atoms with van der Waals surface area (Å²) in [6.45, 7) is 0.521. The van der Waals surface area contributed by atoms with Gasteiger partial charge in [-0.2, -0.15) is 5.10 Å². The fraction of sp³-hybridized carbons (Fsp3) is 0.125. The summed E-state index contributed by atoms with van der Waals surface area (Å²) in [7, 11) is 3.31. The number of hydrogen-bond acceptors (Lipinski definition) is 3. The van der Waals surface area contributed by atoms with Gasteiger partial charge in [-0.3, -0.25) is 4.68 Å². The molecule has 0 radical (unpaired) electrons. The van der Waals surface area contributed by atoms with Crippen LogP contribution in [-0.2, 0) is 6.54 Å². The van der Waals surface area contributed by atoms with Crippen molar-refractivity contribution in [2.24, 2.45) is 0 Å². The van der Waals surface area contributed by atoms with E-state index >= 15 is 0 Å². The number of nitrogens with zero attached hydrogens (tertiary/aromatic N) is 2. The summed E-state index contributed by atoms with van der Waals surface area (Å²) < 4.78 is 12.5. The summed E-state index contributed by atoms with van der Waals surface area (Å²) in [5.41, 5.74) is 4.84. The van der Waals surface area contributed by atoms with Gasteiger partial charge in [0.2, 0.25) is 0 Å². The first-order chi connectivity index (χ1) is 14.6. The van der Waals surface area contributed by atoms with Crippen LogP contribution in [0.5, 0.6) is 11.5 Å². The molecule has 0 spiro atoms. The molecular formula is C24H20Cl2N2O2. The molecule has 0 saturated heterocycles. The molecule has 0 saturated carbocycles. The van der Waals surface area contributed by atoms with E-state index < -0.39 is 0 Å². The Morgan fingerprint density at radius 2 is 1.37 bits per heavy atom. The van der Waals surface area contributed by atoms with Gasteiger partial charge >= 0.3 is 0 Å². The molecule has 0 unspecified atom stereocenters. The van der Waals surface area contributed by atoms with Gasteiger partial charge in [0, 0.05) is 21.2 Å². The molecule has 0 atom stereocenters. The van der Waals surface area contributed by atoms with E-state index in [-0.39, 0.29) is 0 Å². The molecule has 30 heavy (non-hydrogen) atoms. The molecule has 0 bridgehead atoms. The van der Waals surface area contributed by atoms with Gasteiger partial charge in [-0.05, 0) is 72.3 Å². The molecule has 3 aromatic carbocycles. The van der Waals surface area contributed by atoms with E-state index in [1.807, 2.05) is 65.3 Å². The molecule has 4 nitrogen and oxygen atoms in total. The summed E-state index contributed by atoms with van der Waals surface area (Å²) in [5, 5.41) is 6.09. The Morgan fingerprint density at radius 1 is 0.767 bits per heavy atom. The third-order valence-electron chi connectivity index (χ3n) is 4.89. The zero-order chi connectivity index (χ0) is 21.1. The van der Waals surface area contributed by atoms with Gasteiger partial charge in [-0.25, -0.2) is 0 Å². The lowest BCUT2D eigenvalue weighted by atomic mass is 10.1. The summed E-state index contributed by atoms with van der Waals surface area (Å²) in [6.07, 6.45) is 0. The van der Waals surface area contributed by atoms with Crippen LogP contribution in [0.25, 0.3) is 22.5 Å². The Labute approximate surface area is 185 Å². The van der Waals surface area contributed by atoms with Crippen molar-refractivity contribution in [2.75, 3.05) is 14.2 Å². The second kappa shape index (κ2) is 8.82. The lowest BCUT2D eigenvalue weighted by molar-refractivity contribution is 0.414. The Morgan fingerprint density at radius 3 is 1.93 bits per heavy atom. The van der Waals surface area contributed by atoms with Crippen molar-refractivity contribution < 1.29 is 9.47 Å². The molecule has 0 fully saturated rings.